The molecule has 1 aliphatic heterocycles. The fourth-order valence-electron chi connectivity index (χ4n) is 3.08. The number of hydrogen-bond donors (Lipinski definition) is 1. The molecule has 1 aliphatic rings. The molecule has 1 unspecified atom stereocenters. The van der Waals surface area contributed by atoms with Crippen molar-refractivity contribution in [3.05, 3.63) is 35.9 Å². The summed E-state index contributed by atoms with van der Waals surface area (Å²) in [5.41, 5.74) is 1.50. The van der Waals surface area contributed by atoms with Gasteiger partial charge < -0.3 is 10.2 Å². The summed E-state index contributed by atoms with van der Waals surface area (Å²) in [7, 11) is 2.04. The largest absolute Gasteiger partial charge is 0.320 e. The number of nitrogens with one attached hydrogen (secondary N) is 1. The molecule has 19 heavy (non-hydrogen) atoms. The van der Waals surface area contributed by atoms with Crippen molar-refractivity contribution in [2.24, 2.45) is 5.92 Å². The lowest BCUT2D eigenvalue weighted by molar-refractivity contribution is 0.135. The van der Waals surface area contributed by atoms with Crippen LogP contribution in [0, 0.1) is 5.92 Å². The van der Waals surface area contributed by atoms with Gasteiger partial charge in [0.05, 0.1) is 0 Å². The molecular formula is C17H28N2. The number of likely N-dealkylation sites (tertiary alicyclic amines) is 1. The van der Waals surface area contributed by atoms with E-state index in [9.17, 15) is 0 Å². The van der Waals surface area contributed by atoms with Crippen LogP contribution in [0.15, 0.2) is 30.3 Å². The van der Waals surface area contributed by atoms with Crippen LogP contribution in [0.25, 0.3) is 0 Å². The minimum atomic E-state index is 0.727. The molecule has 0 amide bonds. The molecule has 1 aromatic rings. The maximum absolute atomic E-state index is 3.25. The zero-order chi connectivity index (χ0) is 13.5. The Morgan fingerprint density at radius 1 is 1.21 bits per heavy atom. The molecule has 2 rings (SSSR count). The minimum Gasteiger partial charge on any atom is -0.320 e. The highest BCUT2D eigenvalue weighted by Crippen LogP contribution is 2.23. The summed E-state index contributed by atoms with van der Waals surface area (Å²) in [5, 5.41) is 3.25. The number of rotatable bonds is 6. The number of nitrogens with zero attached hydrogens (tertiary/aromatic N) is 1. The smallest absolute Gasteiger partial charge is 0.00790 e. The van der Waals surface area contributed by atoms with Gasteiger partial charge in [-0.25, -0.2) is 0 Å². The molecule has 0 aromatic heterocycles. The third-order valence-corrected chi connectivity index (χ3v) is 4.45. The first kappa shape index (κ1) is 14.5. The van der Waals surface area contributed by atoms with Gasteiger partial charge in [0.25, 0.3) is 0 Å². The molecule has 1 aromatic carbocycles. The molecule has 0 aliphatic carbocycles. The van der Waals surface area contributed by atoms with E-state index in [0.717, 1.165) is 18.5 Å². The first-order valence-corrected chi connectivity index (χ1v) is 7.72. The van der Waals surface area contributed by atoms with Gasteiger partial charge in [-0.2, -0.15) is 0 Å². The van der Waals surface area contributed by atoms with E-state index >= 15 is 0 Å². The maximum atomic E-state index is 3.25. The lowest BCUT2D eigenvalue weighted by atomic mass is 9.89. The summed E-state index contributed by atoms with van der Waals surface area (Å²) in [4.78, 5) is 2.67. The Morgan fingerprint density at radius 3 is 2.53 bits per heavy atom. The van der Waals surface area contributed by atoms with Gasteiger partial charge in [0.1, 0.15) is 0 Å². The molecule has 1 saturated heterocycles. The zero-order valence-electron chi connectivity index (χ0n) is 12.4. The third-order valence-electron chi connectivity index (χ3n) is 4.45. The van der Waals surface area contributed by atoms with E-state index in [0.29, 0.717) is 0 Å². The fraction of sp³-hybridized carbons (Fsp3) is 0.647. The number of piperidine rings is 1. The van der Waals surface area contributed by atoms with Crippen LogP contribution in [0.1, 0.15) is 31.7 Å². The van der Waals surface area contributed by atoms with Gasteiger partial charge in [0.2, 0.25) is 0 Å². The van der Waals surface area contributed by atoms with E-state index in [2.05, 4.69) is 47.5 Å². The molecule has 0 radical (unpaired) electrons. The fourth-order valence-corrected chi connectivity index (χ4v) is 3.08. The van der Waals surface area contributed by atoms with Gasteiger partial charge in [-0.3, -0.25) is 0 Å². The Morgan fingerprint density at radius 2 is 1.89 bits per heavy atom. The second-order valence-corrected chi connectivity index (χ2v) is 5.91. The Hall–Kier alpha value is -0.860. The van der Waals surface area contributed by atoms with Crippen LogP contribution in [-0.2, 0) is 6.42 Å². The van der Waals surface area contributed by atoms with Crippen molar-refractivity contribution in [1.82, 2.24) is 10.2 Å². The average molecular weight is 260 g/mol. The van der Waals surface area contributed by atoms with Crippen molar-refractivity contribution in [3.63, 3.8) is 0 Å². The van der Waals surface area contributed by atoms with Gasteiger partial charge in [0.15, 0.2) is 0 Å². The molecule has 0 spiro atoms. The monoisotopic (exact) mass is 260 g/mol. The van der Waals surface area contributed by atoms with Crippen LogP contribution >= 0.6 is 0 Å². The second kappa shape index (κ2) is 7.66. The molecule has 1 N–H and O–H groups in total. The predicted octanol–water partition coefficient (Wildman–Crippen LogP) is 2.94. The van der Waals surface area contributed by atoms with Crippen molar-refractivity contribution in [1.29, 1.82) is 0 Å². The van der Waals surface area contributed by atoms with Crippen molar-refractivity contribution in [2.75, 3.05) is 26.7 Å². The summed E-state index contributed by atoms with van der Waals surface area (Å²) in [6.07, 6.45) is 5.25. The highest BCUT2D eigenvalue weighted by Gasteiger charge is 2.22. The van der Waals surface area contributed by atoms with E-state index in [1.807, 2.05) is 7.05 Å². The maximum Gasteiger partial charge on any atom is 0.00790 e. The molecular weight excluding hydrogens is 232 g/mol. The molecule has 1 fully saturated rings. The van der Waals surface area contributed by atoms with Crippen LogP contribution in [0.3, 0.4) is 0 Å². The topological polar surface area (TPSA) is 15.3 Å². The highest BCUT2D eigenvalue weighted by molar-refractivity contribution is 5.15. The van der Waals surface area contributed by atoms with Crippen LogP contribution in [0.2, 0.25) is 0 Å². The lowest BCUT2D eigenvalue weighted by Gasteiger charge is -2.36. The quantitative estimate of drug-likeness (QED) is 0.846. The van der Waals surface area contributed by atoms with Gasteiger partial charge in [0, 0.05) is 6.04 Å². The summed E-state index contributed by atoms with van der Waals surface area (Å²) >= 11 is 0. The van der Waals surface area contributed by atoms with Crippen LogP contribution in [-0.4, -0.2) is 37.6 Å². The first-order valence-electron chi connectivity index (χ1n) is 7.72. The van der Waals surface area contributed by atoms with E-state index in [4.69, 9.17) is 0 Å². The summed E-state index contributed by atoms with van der Waals surface area (Å²) in [6.45, 7) is 6.06. The van der Waals surface area contributed by atoms with Crippen LogP contribution in [0.5, 0.6) is 0 Å². The van der Waals surface area contributed by atoms with E-state index in [1.165, 1.54) is 44.3 Å². The molecule has 1 atom stereocenters. The summed E-state index contributed by atoms with van der Waals surface area (Å²) < 4.78 is 0. The van der Waals surface area contributed by atoms with Crippen LogP contribution in [0.4, 0.5) is 0 Å². The van der Waals surface area contributed by atoms with E-state index in [-0.39, 0.29) is 0 Å². The number of benzene rings is 1. The molecule has 2 nitrogen and oxygen atoms in total. The van der Waals surface area contributed by atoms with Crippen molar-refractivity contribution < 1.29 is 0 Å². The summed E-state index contributed by atoms with van der Waals surface area (Å²) in [5.74, 6) is 0.884. The lowest BCUT2D eigenvalue weighted by Crippen LogP contribution is -2.41. The second-order valence-electron chi connectivity index (χ2n) is 5.91. The molecule has 2 heteroatoms. The highest BCUT2D eigenvalue weighted by atomic mass is 15.2. The van der Waals surface area contributed by atoms with Crippen LogP contribution < -0.4 is 5.32 Å². The SMILES string of the molecule is CNCCC(C)N1CCC(Cc2ccccc2)CC1. The Bertz CT molecular complexity index is 342. The molecule has 0 bridgehead atoms. The predicted molar refractivity (Wildman–Crippen MR) is 82.4 cm³/mol. The van der Waals surface area contributed by atoms with Gasteiger partial charge in [-0.1, -0.05) is 30.3 Å². The molecule has 0 saturated carbocycles. The molecule has 1 heterocycles. The van der Waals surface area contributed by atoms with Crippen molar-refractivity contribution in [3.8, 4) is 0 Å². The first-order chi connectivity index (χ1) is 9.29. The van der Waals surface area contributed by atoms with E-state index < -0.39 is 0 Å². The standard InChI is InChI=1S/C17H28N2/c1-15(8-11-18-2)19-12-9-17(10-13-19)14-16-6-4-3-5-7-16/h3-7,15,17-18H,8-14H2,1-2H3. The van der Waals surface area contributed by atoms with Gasteiger partial charge >= 0.3 is 0 Å². The van der Waals surface area contributed by atoms with Gasteiger partial charge in [-0.15, -0.1) is 0 Å². The minimum absolute atomic E-state index is 0.727. The van der Waals surface area contributed by atoms with Gasteiger partial charge in [-0.05, 0) is 70.8 Å². The molecule has 106 valence electrons. The third kappa shape index (κ3) is 4.63. The number of hydrogen-bond acceptors (Lipinski definition) is 2. The average Bonchev–Trinajstić information content (AvgIpc) is 2.46. The van der Waals surface area contributed by atoms with E-state index in [1.54, 1.807) is 0 Å². The Balaban J connectivity index is 1.73. The Labute approximate surface area is 118 Å². The zero-order valence-corrected chi connectivity index (χ0v) is 12.4. The normalized spacial score (nSPS) is 19.5. The van der Waals surface area contributed by atoms with Crippen molar-refractivity contribution in [2.45, 2.75) is 38.6 Å². The van der Waals surface area contributed by atoms with Crippen molar-refractivity contribution >= 4 is 0 Å². The Kier molecular flexibility index (Phi) is 5.87. The summed E-state index contributed by atoms with van der Waals surface area (Å²) in [6, 6.07) is 11.7.